The highest BCUT2D eigenvalue weighted by atomic mass is 32.2. The van der Waals surface area contributed by atoms with Crippen molar-refractivity contribution < 1.29 is 18.3 Å². The molecule has 1 rings (SSSR count). The summed E-state index contributed by atoms with van der Waals surface area (Å²) in [6, 6.07) is 5.21. The molecule has 0 atom stereocenters. The van der Waals surface area contributed by atoms with E-state index in [1.165, 1.54) is 43.5 Å². The number of hydrogen-bond donors (Lipinski definition) is 2. The molecule has 0 saturated heterocycles. The van der Waals surface area contributed by atoms with Crippen LogP contribution in [-0.2, 0) is 10.0 Å². The predicted molar refractivity (Wildman–Crippen MR) is 82.0 cm³/mol. The normalized spacial score (nSPS) is 11.5. The topological polar surface area (TPSA) is 83.5 Å². The third kappa shape index (κ3) is 6.27. The van der Waals surface area contributed by atoms with Gasteiger partial charge in [-0.15, -0.1) is 0 Å². The molecule has 1 aromatic carbocycles. The van der Waals surface area contributed by atoms with E-state index in [9.17, 15) is 13.2 Å². The zero-order chi connectivity index (χ0) is 15.7. The molecule has 0 radical (unpaired) electrons. The Hall–Kier alpha value is -1.40. The number of sulfonamides is 1. The van der Waals surface area contributed by atoms with Crippen LogP contribution in [0.25, 0.3) is 0 Å². The molecule has 5 nitrogen and oxygen atoms in total. The number of carboxylic acid groups (broad SMARTS) is 1. The highest BCUT2D eigenvalue weighted by molar-refractivity contribution is 7.89. The molecule has 1 aromatic rings. The molecule has 0 saturated carbocycles. The van der Waals surface area contributed by atoms with Gasteiger partial charge in [-0.25, -0.2) is 17.9 Å². The standard InChI is InChI=1S/C15H23NO4S/c1-2-3-4-5-6-7-12-16-21(19,20)14-10-8-13(9-11-14)15(17)18/h8-11,16H,2-7,12H2,1H3,(H,17,18). The lowest BCUT2D eigenvalue weighted by Crippen LogP contribution is -2.24. The molecule has 0 aliphatic heterocycles. The Morgan fingerprint density at radius 2 is 1.62 bits per heavy atom. The Morgan fingerprint density at radius 3 is 2.19 bits per heavy atom. The minimum atomic E-state index is -3.54. The monoisotopic (exact) mass is 313 g/mol. The molecule has 0 amide bonds. The zero-order valence-corrected chi connectivity index (χ0v) is 13.2. The first-order valence-corrected chi connectivity index (χ1v) is 8.78. The maximum atomic E-state index is 12.0. The summed E-state index contributed by atoms with van der Waals surface area (Å²) in [6.07, 6.45) is 6.57. The average Bonchev–Trinajstić information content (AvgIpc) is 2.46. The third-order valence-electron chi connectivity index (χ3n) is 3.23. The second-order valence-electron chi connectivity index (χ2n) is 5.00. The summed E-state index contributed by atoms with van der Waals surface area (Å²) >= 11 is 0. The lowest BCUT2D eigenvalue weighted by atomic mass is 10.1. The van der Waals surface area contributed by atoms with E-state index in [-0.39, 0.29) is 10.5 Å². The number of carbonyl (C=O) groups is 1. The van der Waals surface area contributed by atoms with Crippen molar-refractivity contribution in [3.8, 4) is 0 Å². The van der Waals surface area contributed by atoms with Gasteiger partial charge in [-0.1, -0.05) is 39.0 Å². The minimum Gasteiger partial charge on any atom is -0.478 e. The van der Waals surface area contributed by atoms with Gasteiger partial charge in [0.05, 0.1) is 10.5 Å². The van der Waals surface area contributed by atoms with Crippen LogP contribution in [0.5, 0.6) is 0 Å². The third-order valence-corrected chi connectivity index (χ3v) is 4.71. The van der Waals surface area contributed by atoms with Crippen molar-refractivity contribution >= 4 is 16.0 Å². The van der Waals surface area contributed by atoms with Crippen molar-refractivity contribution in [3.63, 3.8) is 0 Å². The van der Waals surface area contributed by atoms with Crippen molar-refractivity contribution in [2.45, 2.75) is 50.3 Å². The average molecular weight is 313 g/mol. The lowest BCUT2D eigenvalue weighted by Gasteiger charge is -2.07. The molecular weight excluding hydrogens is 290 g/mol. The van der Waals surface area contributed by atoms with Crippen molar-refractivity contribution in [2.24, 2.45) is 0 Å². The summed E-state index contributed by atoms with van der Waals surface area (Å²) in [4.78, 5) is 10.8. The number of aromatic carboxylic acids is 1. The molecule has 0 aromatic heterocycles. The molecule has 0 bridgehead atoms. The van der Waals surface area contributed by atoms with Gasteiger partial charge in [0.1, 0.15) is 0 Å². The fourth-order valence-electron chi connectivity index (χ4n) is 1.97. The molecule has 6 heteroatoms. The number of benzene rings is 1. The Bertz CT molecular complexity index is 537. The Kier molecular flexibility index (Phi) is 7.39. The first-order chi connectivity index (χ1) is 9.97. The number of nitrogens with one attached hydrogen (secondary N) is 1. The van der Waals surface area contributed by atoms with Crippen LogP contribution in [0.3, 0.4) is 0 Å². The molecule has 0 spiro atoms. The van der Waals surface area contributed by atoms with Gasteiger partial charge in [0, 0.05) is 6.54 Å². The van der Waals surface area contributed by atoms with Gasteiger partial charge in [0.25, 0.3) is 0 Å². The summed E-state index contributed by atoms with van der Waals surface area (Å²) in [7, 11) is -3.54. The SMILES string of the molecule is CCCCCCCCNS(=O)(=O)c1ccc(C(=O)O)cc1. The minimum absolute atomic E-state index is 0.0740. The second-order valence-corrected chi connectivity index (χ2v) is 6.76. The lowest BCUT2D eigenvalue weighted by molar-refractivity contribution is 0.0696. The zero-order valence-electron chi connectivity index (χ0n) is 12.3. The second kappa shape index (κ2) is 8.79. The molecule has 2 N–H and O–H groups in total. The van der Waals surface area contributed by atoms with Gasteiger partial charge in [0.2, 0.25) is 10.0 Å². The van der Waals surface area contributed by atoms with Crippen LogP contribution >= 0.6 is 0 Å². The van der Waals surface area contributed by atoms with Crippen LogP contribution in [-0.4, -0.2) is 26.0 Å². The number of carboxylic acids is 1. The first kappa shape index (κ1) is 17.7. The number of rotatable bonds is 10. The smallest absolute Gasteiger partial charge is 0.335 e. The maximum absolute atomic E-state index is 12.0. The summed E-state index contributed by atoms with van der Waals surface area (Å²) < 4.78 is 26.5. The first-order valence-electron chi connectivity index (χ1n) is 7.30. The van der Waals surface area contributed by atoms with Crippen LogP contribution in [0.4, 0.5) is 0 Å². The summed E-state index contributed by atoms with van der Waals surface area (Å²) in [5.74, 6) is -1.07. The van der Waals surface area contributed by atoms with E-state index in [4.69, 9.17) is 5.11 Å². The Morgan fingerprint density at radius 1 is 1.05 bits per heavy atom. The van der Waals surface area contributed by atoms with E-state index in [1.807, 2.05) is 0 Å². The largest absolute Gasteiger partial charge is 0.478 e. The molecule has 118 valence electrons. The van der Waals surface area contributed by atoms with Crippen LogP contribution in [0.2, 0.25) is 0 Å². The van der Waals surface area contributed by atoms with E-state index < -0.39 is 16.0 Å². The molecule has 0 heterocycles. The van der Waals surface area contributed by atoms with Gasteiger partial charge in [-0.3, -0.25) is 0 Å². The van der Waals surface area contributed by atoms with Crippen LogP contribution in [0.1, 0.15) is 55.8 Å². The van der Waals surface area contributed by atoms with Crippen molar-refractivity contribution in [3.05, 3.63) is 29.8 Å². The fraction of sp³-hybridized carbons (Fsp3) is 0.533. The Balaban J connectivity index is 2.41. The molecule has 0 unspecified atom stereocenters. The number of unbranched alkanes of at least 4 members (excludes halogenated alkanes) is 5. The van der Waals surface area contributed by atoms with E-state index in [0.717, 1.165) is 19.3 Å². The van der Waals surface area contributed by atoms with Crippen LogP contribution < -0.4 is 4.72 Å². The number of hydrogen-bond acceptors (Lipinski definition) is 3. The van der Waals surface area contributed by atoms with Crippen molar-refractivity contribution in [1.82, 2.24) is 4.72 Å². The summed E-state index contributed by atoms with van der Waals surface area (Å²) in [5, 5.41) is 8.78. The Labute approximate surface area is 126 Å². The quantitative estimate of drug-likeness (QED) is 0.650. The van der Waals surface area contributed by atoms with Crippen LogP contribution in [0.15, 0.2) is 29.2 Å². The predicted octanol–water partition coefficient (Wildman–Crippen LogP) is 3.02. The van der Waals surface area contributed by atoms with Gasteiger partial charge in [-0.2, -0.15) is 0 Å². The molecule has 21 heavy (non-hydrogen) atoms. The fourth-order valence-corrected chi connectivity index (χ4v) is 3.05. The summed E-state index contributed by atoms with van der Waals surface area (Å²) in [6.45, 7) is 2.57. The maximum Gasteiger partial charge on any atom is 0.335 e. The van der Waals surface area contributed by atoms with E-state index in [1.54, 1.807) is 0 Å². The molecule has 0 fully saturated rings. The van der Waals surface area contributed by atoms with Gasteiger partial charge < -0.3 is 5.11 Å². The molecule has 0 aliphatic rings. The highest BCUT2D eigenvalue weighted by Gasteiger charge is 2.13. The summed E-state index contributed by atoms with van der Waals surface area (Å²) in [5.41, 5.74) is 0.0740. The van der Waals surface area contributed by atoms with E-state index >= 15 is 0 Å². The van der Waals surface area contributed by atoms with E-state index in [2.05, 4.69) is 11.6 Å². The van der Waals surface area contributed by atoms with Crippen molar-refractivity contribution in [1.29, 1.82) is 0 Å². The van der Waals surface area contributed by atoms with Gasteiger partial charge in [-0.05, 0) is 30.7 Å². The van der Waals surface area contributed by atoms with Gasteiger partial charge in [0.15, 0.2) is 0 Å². The van der Waals surface area contributed by atoms with Gasteiger partial charge >= 0.3 is 5.97 Å². The van der Waals surface area contributed by atoms with Crippen LogP contribution in [0, 0.1) is 0 Å². The molecular formula is C15H23NO4S. The molecule has 0 aliphatic carbocycles. The van der Waals surface area contributed by atoms with Crippen molar-refractivity contribution in [2.75, 3.05) is 6.54 Å². The highest BCUT2D eigenvalue weighted by Crippen LogP contribution is 2.11. The van der Waals surface area contributed by atoms with E-state index in [0.29, 0.717) is 6.54 Å².